The second-order valence-corrected chi connectivity index (χ2v) is 10.4. The minimum atomic E-state index is -0.624. The number of rotatable bonds is 9. The molecule has 0 atom stereocenters. The Morgan fingerprint density at radius 2 is 1.88 bits per heavy atom. The number of aromatic nitrogens is 5. The first-order chi connectivity index (χ1) is 20.2. The lowest BCUT2D eigenvalue weighted by atomic mass is 10.0. The zero-order valence-electron chi connectivity index (χ0n) is 23.7. The van der Waals surface area contributed by atoms with E-state index in [1.165, 1.54) is 24.6 Å². The second kappa shape index (κ2) is 12.3. The summed E-state index contributed by atoms with van der Waals surface area (Å²) in [5, 5.41) is 12.4. The highest BCUT2D eigenvalue weighted by Crippen LogP contribution is 2.32. The van der Waals surface area contributed by atoms with Crippen molar-refractivity contribution in [1.82, 2.24) is 30.0 Å². The van der Waals surface area contributed by atoms with Crippen LogP contribution in [0.3, 0.4) is 0 Å². The van der Waals surface area contributed by atoms with Gasteiger partial charge in [0.15, 0.2) is 5.78 Å². The van der Waals surface area contributed by atoms with E-state index in [2.05, 4.69) is 20.3 Å². The van der Waals surface area contributed by atoms with E-state index in [0.717, 1.165) is 36.9 Å². The molecule has 0 aliphatic heterocycles. The quantitative estimate of drug-likeness (QED) is 0.116. The first-order valence-electron chi connectivity index (χ1n) is 13.7. The highest BCUT2D eigenvalue weighted by Gasteiger charge is 2.25. The van der Waals surface area contributed by atoms with Gasteiger partial charge in [-0.05, 0) is 62.1 Å². The number of nitrogens with one attached hydrogen (secondary N) is 2. The lowest BCUT2D eigenvalue weighted by Gasteiger charge is -2.20. The van der Waals surface area contributed by atoms with Gasteiger partial charge in [-0.25, -0.2) is 15.4 Å². The fourth-order valence-electron chi connectivity index (χ4n) is 5.30. The van der Waals surface area contributed by atoms with Crippen LogP contribution in [-0.2, 0) is 11.3 Å². The molecule has 4 aromatic rings. The molecule has 0 bridgehead atoms. The van der Waals surface area contributed by atoms with Crippen LogP contribution in [0.5, 0.6) is 0 Å². The number of nitrogens with zero attached hydrogens (tertiary/aromatic N) is 6. The van der Waals surface area contributed by atoms with Gasteiger partial charge < -0.3 is 10.2 Å². The van der Waals surface area contributed by atoms with Crippen LogP contribution in [0.15, 0.2) is 53.7 Å². The summed E-state index contributed by atoms with van der Waals surface area (Å²) in [6.07, 6.45) is 11.6. The number of carbonyl (C=O) groups is 2. The average Bonchev–Trinajstić information content (AvgIpc) is 3.51. The molecule has 0 aromatic carbocycles. The van der Waals surface area contributed by atoms with E-state index in [0.29, 0.717) is 40.6 Å². The number of carbonyl (C=O) groups excluding carboxylic acids is 2. The molecule has 3 N–H and O–H groups in total. The number of hydroxylamine groups is 1. The predicted octanol–water partition coefficient (Wildman–Crippen LogP) is 4.11. The fraction of sp³-hybridized carbons (Fsp3) is 0.300. The molecular formula is C30H32N8O4. The van der Waals surface area contributed by atoms with E-state index in [-0.39, 0.29) is 22.9 Å². The zero-order chi connectivity index (χ0) is 29.8. The topological polar surface area (TPSA) is 155 Å². The summed E-state index contributed by atoms with van der Waals surface area (Å²) in [5.74, 6) is -0.0180. The minimum Gasteiger partial charge on any atom is -0.369 e. The number of aryl methyl sites for hydroxylation is 1. The van der Waals surface area contributed by atoms with Crippen LogP contribution < -0.4 is 21.3 Å². The summed E-state index contributed by atoms with van der Waals surface area (Å²) in [6.45, 7) is 3.77. The Bertz CT molecular complexity index is 1710. The van der Waals surface area contributed by atoms with Gasteiger partial charge in [-0.15, -0.1) is 0 Å². The fourth-order valence-corrected chi connectivity index (χ4v) is 5.30. The molecule has 5 rings (SSSR count). The Hall–Kier alpha value is -4.97. The first kappa shape index (κ1) is 28.6. The highest BCUT2D eigenvalue weighted by molar-refractivity contribution is 5.99. The van der Waals surface area contributed by atoms with Gasteiger partial charge in [0, 0.05) is 43.5 Å². The van der Waals surface area contributed by atoms with E-state index in [1.54, 1.807) is 36.1 Å². The number of hydrogen-bond donors (Lipinski definition) is 3. The molecule has 0 spiro atoms. The number of ketones is 1. The number of pyridine rings is 3. The van der Waals surface area contributed by atoms with Crippen molar-refractivity contribution >= 4 is 46.3 Å². The van der Waals surface area contributed by atoms with E-state index in [9.17, 15) is 14.4 Å². The molecule has 4 aromatic heterocycles. The van der Waals surface area contributed by atoms with Crippen LogP contribution in [0, 0.1) is 6.92 Å². The smallest absolute Gasteiger partial charge is 0.267 e. The lowest BCUT2D eigenvalue weighted by molar-refractivity contribution is -0.124. The predicted molar refractivity (Wildman–Crippen MR) is 159 cm³/mol. The van der Waals surface area contributed by atoms with Crippen molar-refractivity contribution < 1.29 is 14.8 Å². The first-order valence-corrected chi connectivity index (χ1v) is 13.7. The summed E-state index contributed by atoms with van der Waals surface area (Å²) >= 11 is 0. The third-order valence-electron chi connectivity index (χ3n) is 7.46. The van der Waals surface area contributed by atoms with E-state index >= 15 is 0 Å². The maximum Gasteiger partial charge on any atom is 0.267 e. The Morgan fingerprint density at radius 1 is 1.10 bits per heavy atom. The number of amides is 1. The summed E-state index contributed by atoms with van der Waals surface area (Å²) in [4.78, 5) is 56.9. The molecule has 12 heteroatoms. The van der Waals surface area contributed by atoms with Crippen molar-refractivity contribution in [2.45, 2.75) is 52.1 Å². The SMILES string of the molecule is CC(=O)c1c(C)c2cnc(Nc3ccc(N(C)Cc4ccc(/C=C/C(=O)NO)nc4)cn3)nc2n(C2CCCC2)c1=O. The van der Waals surface area contributed by atoms with Crippen LogP contribution in [0.1, 0.15) is 65.8 Å². The molecule has 0 saturated heterocycles. The molecule has 1 fully saturated rings. The molecular weight excluding hydrogens is 536 g/mol. The third kappa shape index (κ3) is 6.03. The highest BCUT2D eigenvalue weighted by atomic mass is 16.5. The molecule has 216 valence electrons. The number of anilines is 3. The molecule has 4 heterocycles. The zero-order valence-corrected chi connectivity index (χ0v) is 23.7. The van der Waals surface area contributed by atoms with Gasteiger partial charge in [-0.3, -0.25) is 29.1 Å². The number of Topliss-reactive ketones (excluding diaryl/α,β-unsaturated/α-hetero) is 1. The Labute approximate surface area is 242 Å². The number of fused-ring (bicyclic) bond motifs is 1. The normalized spacial score (nSPS) is 13.5. The standard InChI is InChI=1S/C30H32N8O4/c1-18-24-16-33-30(35-28(24)38(22-6-4-5-7-22)29(41)27(18)19(2)39)34-25-12-11-23(15-32-25)37(3)17-20-8-9-21(31-14-20)10-13-26(40)36-42/h8-16,22,42H,4-7,17H2,1-3H3,(H,36,40)(H,32,33,34,35)/b13-10+. The molecule has 1 amide bonds. The Balaban J connectivity index is 1.33. The summed E-state index contributed by atoms with van der Waals surface area (Å²) in [6, 6.07) is 7.45. The molecule has 1 aliphatic rings. The second-order valence-electron chi connectivity index (χ2n) is 10.4. The van der Waals surface area contributed by atoms with E-state index in [4.69, 9.17) is 10.2 Å². The van der Waals surface area contributed by atoms with E-state index in [1.807, 2.05) is 30.1 Å². The van der Waals surface area contributed by atoms with Crippen LogP contribution in [0.4, 0.5) is 17.5 Å². The molecule has 1 aliphatic carbocycles. The Kier molecular flexibility index (Phi) is 8.34. The van der Waals surface area contributed by atoms with Crippen molar-refractivity contribution in [1.29, 1.82) is 0 Å². The van der Waals surface area contributed by atoms with Crippen molar-refractivity contribution in [2.24, 2.45) is 0 Å². The maximum absolute atomic E-state index is 13.4. The molecule has 0 radical (unpaired) electrons. The van der Waals surface area contributed by atoms with Gasteiger partial charge in [0.25, 0.3) is 11.5 Å². The average molecular weight is 569 g/mol. The van der Waals surface area contributed by atoms with Crippen molar-refractivity contribution in [3.05, 3.63) is 81.7 Å². The third-order valence-corrected chi connectivity index (χ3v) is 7.46. The van der Waals surface area contributed by atoms with Crippen molar-refractivity contribution in [2.75, 3.05) is 17.3 Å². The molecule has 1 saturated carbocycles. The van der Waals surface area contributed by atoms with Gasteiger partial charge in [-0.2, -0.15) is 4.98 Å². The summed E-state index contributed by atoms with van der Waals surface area (Å²) in [5.41, 5.74) is 5.01. The van der Waals surface area contributed by atoms with Crippen molar-refractivity contribution in [3.63, 3.8) is 0 Å². The molecule has 0 unspecified atom stereocenters. The van der Waals surface area contributed by atoms with Crippen LogP contribution in [0.25, 0.3) is 17.1 Å². The molecule has 42 heavy (non-hydrogen) atoms. The van der Waals surface area contributed by atoms with E-state index < -0.39 is 5.91 Å². The Morgan fingerprint density at radius 3 is 2.52 bits per heavy atom. The van der Waals surface area contributed by atoms with Crippen LogP contribution in [0.2, 0.25) is 0 Å². The monoisotopic (exact) mass is 568 g/mol. The lowest BCUT2D eigenvalue weighted by Crippen LogP contribution is -2.30. The van der Waals surface area contributed by atoms with Gasteiger partial charge in [0.1, 0.15) is 11.5 Å². The van der Waals surface area contributed by atoms with Crippen LogP contribution in [-0.4, -0.2) is 48.4 Å². The van der Waals surface area contributed by atoms with Crippen LogP contribution >= 0.6 is 0 Å². The minimum absolute atomic E-state index is 0.00465. The van der Waals surface area contributed by atoms with Gasteiger partial charge in [0.2, 0.25) is 5.95 Å². The largest absolute Gasteiger partial charge is 0.369 e. The van der Waals surface area contributed by atoms with Gasteiger partial charge in [-0.1, -0.05) is 18.9 Å². The van der Waals surface area contributed by atoms with Crippen molar-refractivity contribution in [3.8, 4) is 0 Å². The molecule has 12 nitrogen and oxygen atoms in total. The number of hydrogen-bond acceptors (Lipinski definition) is 10. The summed E-state index contributed by atoms with van der Waals surface area (Å²) < 4.78 is 1.69. The van der Waals surface area contributed by atoms with Gasteiger partial charge >= 0.3 is 0 Å². The van der Waals surface area contributed by atoms with Gasteiger partial charge in [0.05, 0.1) is 23.1 Å². The summed E-state index contributed by atoms with van der Waals surface area (Å²) in [7, 11) is 1.94. The maximum atomic E-state index is 13.4.